The van der Waals surface area contributed by atoms with Crippen LogP contribution in [0.25, 0.3) is 34.4 Å². The van der Waals surface area contributed by atoms with Crippen LogP contribution in [0.3, 0.4) is 0 Å². The Kier molecular flexibility index (Phi) is 7.06. The van der Waals surface area contributed by atoms with Gasteiger partial charge >= 0.3 is 0 Å². The molecule has 0 radical (unpaired) electrons. The summed E-state index contributed by atoms with van der Waals surface area (Å²) in [5.41, 5.74) is 18.3. The highest BCUT2D eigenvalue weighted by atomic mass is 28.3. The quantitative estimate of drug-likeness (QED) is 0.209. The fourth-order valence-electron chi connectivity index (χ4n) is 7.65. The minimum atomic E-state index is -1.99. The van der Waals surface area contributed by atoms with E-state index in [1.807, 2.05) is 0 Å². The summed E-state index contributed by atoms with van der Waals surface area (Å²) < 4.78 is 0. The monoisotopic (exact) mass is 552 g/mol. The maximum absolute atomic E-state index is 2.68. The van der Waals surface area contributed by atoms with Crippen molar-refractivity contribution < 1.29 is 0 Å². The molecule has 0 nitrogen and oxygen atoms in total. The summed E-state index contributed by atoms with van der Waals surface area (Å²) in [6.45, 7) is 19.3. The van der Waals surface area contributed by atoms with E-state index in [9.17, 15) is 0 Å². The molecule has 2 aliphatic rings. The molecule has 4 aromatic carbocycles. The van der Waals surface area contributed by atoms with Crippen molar-refractivity contribution in [3.63, 3.8) is 0 Å². The lowest BCUT2D eigenvalue weighted by Crippen LogP contribution is -2.44. The number of fused-ring (bicyclic) bond motifs is 2. The van der Waals surface area contributed by atoms with Crippen LogP contribution in [0.1, 0.15) is 72.2 Å². The number of benzene rings is 4. The van der Waals surface area contributed by atoms with Gasteiger partial charge < -0.3 is 0 Å². The molecule has 4 aromatic rings. The summed E-state index contributed by atoms with van der Waals surface area (Å²) in [7, 11) is -1.99. The fraction of sp³-hybridized carbons (Fsp3) is 0.300. The second-order valence-corrected chi connectivity index (χ2v) is 18.4. The number of hydrogen-bond donors (Lipinski definition) is 0. The molecular weight excluding hydrogens is 509 g/mol. The zero-order valence-corrected chi connectivity index (χ0v) is 27.0. The summed E-state index contributed by atoms with van der Waals surface area (Å²) in [6, 6.07) is 32.3. The molecule has 1 heteroatoms. The van der Waals surface area contributed by atoms with Crippen LogP contribution in [-0.4, -0.2) is 8.07 Å². The van der Waals surface area contributed by atoms with E-state index < -0.39 is 8.07 Å². The lowest BCUT2D eigenvalue weighted by molar-refractivity contribution is 0.709. The van der Waals surface area contributed by atoms with Gasteiger partial charge in [-0.25, -0.2) is 0 Å². The Morgan fingerprint density at radius 3 is 1.22 bits per heavy atom. The lowest BCUT2D eigenvalue weighted by atomic mass is 9.96. The Labute approximate surface area is 248 Å². The predicted molar refractivity (Wildman–Crippen MR) is 182 cm³/mol. The van der Waals surface area contributed by atoms with Gasteiger partial charge in [0.1, 0.15) is 0 Å². The van der Waals surface area contributed by atoms with Gasteiger partial charge in [-0.15, -0.1) is 0 Å². The first-order chi connectivity index (χ1) is 19.6. The van der Waals surface area contributed by atoms with Gasteiger partial charge in [0, 0.05) is 11.1 Å². The Balaban J connectivity index is 1.51. The maximum Gasteiger partial charge on any atom is 0.0722 e. The molecule has 0 aliphatic heterocycles. The number of aryl methyl sites for hydroxylation is 2. The van der Waals surface area contributed by atoms with E-state index >= 15 is 0 Å². The molecule has 0 fully saturated rings. The largest absolute Gasteiger partial charge is 0.0722 e. The van der Waals surface area contributed by atoms with Crippen molar-refractivity contribution in [2.75, 3.05) is 0 Å². The molecule has 0 spiro atoms. The SMILES string of the molecule is Cc1ccc(-c2cccc3c2C=C(C(C)C)C3[Si](C)(C)C2C(C(C)C)=Cc3c(-c4ccc(C)cc4)cccc32)cc1. The van der Waals surface area contributed by atoms with E-state index in [4.69, 9.17) is 0 Å². The van der Waals surface area contributed by atoms with Gasteiger partial charge in [-0.05, 0) is 70.2 Å². The Morgan fingerprint density at radius 2 is 0.878 bits per heavy atom. The third-order valence-corrected chi connectivity index (χ3v) is 14.0. The molecule has 0 amide bonds. The van der Waals surface area contributed by atoms with Gasteiger partial charge in [0.05, 0.1) is 8.07 Å². The van der Waals surface area contributed by atoms with Crippen LogP contribution in [0.15, 0.2) is 96.1 Å². The van der Waals surface area contributed by atoms with E-state index in [2.05, 4.69) is 152 Å². The van der Waals surface area contributed by atoms with Crippen molar-refractivity contribution in [1.29, 1.82) is 0 Å². The van der Waals surface area contributed by atoms with Crippen LogP contribution in [0.2, 0.25) is 13.1 Å². The van der Waals surface area contributed by atoms with Crippen molar-refractivity contribution in [2.24, 2.45) is 11.8 Å². The van der Waals surface area contributed by atoms with E-state index in [0.717, 1.165) is 0 Å². The summed E-state index contributed by atoms with van der Waals surface area (Å²) in [5, 5.41) is 0. The van der Waals surface area contributed by atoms with E-state index in [0.29, 0.717) is 22.9 Å². The second-order valence-electron chi connectivity index (χ2n) is 13.6. The van der Waals surface area contributed by atoms with Gasteiger partial charge in [-0.1, -0.05) is 160 Å². The summed E-state index contributed by atoms with van der Waals surface area (Å²) in [6.07, 6.45) is 5.15. The molecule has 0 saturated carbocycles. The second kappa shape index (κ2) is 10.4. The van der Waals surface area contributed by atoms with E-state index in [-0.39, 0.29) is 0 Å². The zero-order valence-electron chi connectivity index (χ0n) is 26.0. The molecule has 0 N–H and O–H groups in total. The van der Waals surface area contributed by atoms with Gasteiger partial charge in [0.2, 0.25) is 0 Å². The molecule has 208 valence electrons. The van der Waals surface area contributed by atoms with Crippen molar-refractivity contribution in [3.8, 4) is 22.3 Å². The van der Waals surface area contributed by atoms with E-state index in [1.54, 1.807) is 22.3 Å². The van der Waals surface area contributed by atoms with Gasteiger partial charge in [0.15, 0.2) is 0 Å². The number of hydrogen-bond acceptors (Lipinski definition) is 0. The molecule has 2 aliphatic carbocycles. The summed E-state index contributed by atoms with van der Waals surface area (Å²) >= 11 is 0. The highest BCUT2D eigenvalue weighted by molar-refractivity contribution is 6.81. The van der Waals surface area contributed by atoms with Gasteiger partial charge in [-0.3, -0.25) is 0 Å². The normalized spacial score (nSPS) is 18.0. The molecule has 6 rings (SSSR count). The van der Waals surface area contributed by atoms with Crippen molar-refractivity contribution in [3.05, 3.63) is 129 Å². The minimum absolute atomic E-state index is 0.490. The van der Waals surface area contributed by atoms with Crippen molar-refractivity contribution in [2.45, 2.75) is 65.7 Å². The molecule has 2 atom stereocenters. The molecule has 41 heavy (non-hydrogen) atoms. The molecule has 2 unspecified atom stereocenters. The first-order valence-electron chi connectivity index (χ1n) is 15.4. The molecule has 0 bridgehead atoms. The summed E-state index contributed by atoms with van der Waals surface area (Å²) in [5.74, 6) is 1.02. The molecule has 0 heterocycles. The van der Waals surface area contributed by atoms with Crippen LogP contribution < -0.4 is 0 Å². The topological polar surface area (TPSA) is 0 Å². The molecular formula is C40H44Si. The number of allylic oxidation sites excluding steroid dienone is 2. The first-order valence-corrected chi connectivity index (χ1v) is 18.6. The van der Waals surface area contributed by atoms with Gasteiger partial charge in [0.25, 0.3) is 0 Å². The highest BCUT2D eigenvalue weighted by Crippen LogP contribution is 2.56. The van der Waals surface area contributed by atoms with Crippen LogP contribution >= 0.6 is 0 Å². The highest BCUT2D eigenvalue weighted by Gasteiger charge is 2.49. The Bertz CT molecular complexity index is 1530. The summed E-state index contributed by atoms with van der Waals surface area (Å²) in [4.78, 5) is 0. The average Bonchev–Trinajstić information content (AvgIpc) is 3.55. The smallest absolute Gasteiger partial charge is 0.0679 e. The average molecular weight is 553 g/mol. The minimum Gasteiger partial charge on any atom is -0.0679 e. The Morgan fingerprint density at radius 1 is 0.512 bits per heavy atom. The maximum atomic E-state index is 2.68. The standard InChI is InChI=1S/C40H44Si/c1-25(2)35-23-37-31(29-19-15-27(5)16-20-29)11-9-13-33(37)39(35)41(7,8)40-34-14-10-12-32(30-21-17-28(6)18-22-30)38(34)24-36(40)26(3)4/h9-26,39-40H,1-8H3. The van der Waals surface area contributed by atoms with Crippen LogP contribution in [0.5, 0.6) is 0 Å². The zero-order chi connectivity index (χ0) is 29.1. The van der Waals surface area contributed by atoms with Crippen LogP contribution in [0.4, 0.5) is 0 Å². The lowest BCUT2D eigenvalue weighted by Gasteiger charge is -2.41. The van der Waals surface area contributed by atoms with E-state index in [1.165, 1.54) is 44.5 Å². The number of rotatable bonds is 6. The predicted octanol–water partition coefficient (Wildman–Crippen LogP) is 11.4. The Hall–Kier alpha value is -3.42. The third kappa shape index (κ3) is 4.69. The fourth-order valence-corrected chi connectivity index (χ4v) is 12.6. The van der Waals surface area contributed by atoms with Crippen molar-refractivity contribution in [1.82, 2.24) is 0 Å². The van der Waals surface area contributed by atoms with Crippen LogP contribution in [0, 0.1) is 25.7 Å². The van der Waals surface area contributed by atoms with Crippen molar-refractivity contribution >= 4 is 20.2 Å². The van der Waals surface area contributed by atoms with Gasteiger partial charge in [-0.2, -0.15) is 0 Å². The molecule has 0 saturated heterocycles. The molecule has 0 aromatic heterocycles. The first kappa shape index (κ1) is 27.7. The third-order valence-electron chi connectivity index (χ3n) is 9.74. The van der Waals surface area contributed by atoms with Crippen LogP contribution in [-0.2, 0) is 0 Å².